The van der Waals surface area contributed by atoms with Crippen LogP contribution in [-0.4, -0.2) is 44.7 Å². The number of nitrogens with zero attached hydrogens (tertiary/aromatic N) is 1. The highest BCUT2D eigenvalue weighted by molar-refractivity contribution is 7.88. The summed E-state index contributed by atoms with van der Waals surface area (Å²) in [5, 5.41) is 2.88. The predicted octanol–water partition coefficient (Wildman–Crippen LogP) is 1.37. The number of aryl methyl sites for hydroxylation is 1. The van der Waals surface area contributed by atoms with Crippen LogP contribution in [0.25, 0.3) is 0 Å². The number of sulfonamides is 1. The number of carbonyl (C=O) groups is 1. The lowest BCUT2D eigenvalue weighted by atomic mass is 10.1. The van der Waals surface area contributed by atoms with Gasteiger partial charge < -0.3 is 14.6 Å². The minimum Gasteiger partial charge on any atom is -0.464 e. The summed E-state index contributed by atoms with van der Waals surface area (Å²) in [6, 6.07) is 3.02. The Hall–Kier alpha value is -1.54. The number of rotatable bonds is 4. The van der Waals surface area contributed by atoms with E-state index in [9.17, 15) is 13.2 Å². The molecule has 22 heavy (non-hydrogen) atoms. The zero-order valence-electron chi connectivity index (χ0n) is 13.1. The molecule has 1 aromatic rings. The normalized spacial score (nSPS) is 20.7. The molecule has 0 aliphatic carbocycles. The second kappa shape index (κ2) is 6.70. The molecule has 2 heterocycles. The van der Waals surface area contributed by atoms with E-state index >= 15 is 0 Å². The maximum Gasteiger partial charge on any atom is 0.318 e. The van der Waals surface area contributed by atoms with Crippen molar-refractivity contribution in [1.29, 1.82) is 0 Å². The maximum atomic E-state index is 12.3. The summed E-state index contributed by atoms with van der Waals surface area (Å²) in [5.41, 5.74) is 0. The molecule has 2 atom stereocenters. The second-order valence-corrected chi connectivity index (χ2v) is 7.57. The van der Waals surface area contributed by atoms with Crippen LogP contribution in [0.4, 0.5) is 4.79 Å². The van der Waals surface area contributed by atoms with E-state index in [0.717, 1.165) is 24.9 Å². The zero-order chi connectivity index (χ0) is 16.3. The molecule has 2 N–H and O–H groups in total. The number of hydrogen-bond acceptors (Lipinski definition) is 4. The van der Waals surface area contributed by atoms with E-state index in [0.29, 0.717) is 18.8 Å². The Morgan fingerprint density at radius 2 is 2.18 bits per heavy atom. The van der Waals surface area contributed by atoms with Crippen LogP contribution in [0.5, 0.6) is 0 Å². The Morgan fingerprint density at radius 1 is 1.45 bits per heavy atom. The van der Waals surface area contributed by atoms with Crippen LogP contribution >= 0.6 is 0 Å². The maximum absolute atomic E-state index is 12.3. The van der Waals surface area contributed by atoms with Crippen molar-refractivity contribution in [3.63, 3.8) is 0 Å². The van der Waals surface area contributed by atoms with Crippen LogP contribution in [0.15, 0.2) is 16.5 Å². The Morgan fingerprint density at radius 3 is 2.77 bits per heavy atom. The molecule has 8 heteroatoms. The first-order chi connectivity index (χ1) is 10.2. The third kappa shape index (κ3) is 4.74. The summed E-state index contributed by atoms with van der Waals surface area (Å²) in [6.45, 7) is 4.71. The largest absolute Gasteiger partial charge is 0.464 e. The van der Waals surface area contributed by atoms with Crippen molar-refractivity contribution in [3.05, 3.63) is 23.7 Å². The van der Waals surface area contributed by atoms with Crippen LogP contribution in [0.2, 0.25) is 0 Å². The zero-order valence-corrected chi connectivity index (χ0v) is 13.9. The molecule has 2 amide bonds. The lowest BCUT2D eigenvalue weighted by molar-refractivity contribution is 0.173. The fraction of sp³-hybridized carbons (Fsp3) is 0.643. The van der Waals surface area contributed by atoms with Gasteiger partial charge in [-0.15, -0.1) is 0 Å². The number of hydrogen-bond donors (Lipinski definition) is 2. The SMILES string of the molecule is Cc1ccc([C@@H](C)NC(=O)N2CCC[C@@H](NS(C)(=O)=O)C2)o1. The van der Waals surface area contributed by atoms with Gasteiger partial charge in [-0.05, 0) is 38.8 Å². The lowest BCUT2D eigenvalue weighted by Gasteiger charge is -2.33. The van der Waals surface area contributed by atoms with Crippen molar-refractivity contribution >= 4 is 16.1 Å². The van der Waals surface area contributed by atoms with Crippen molar-refractivity contribution in [2.75, 3.05) is 19.3 Å². The first kappa shape index (κ1) is 16.8. The molecular formula is C14H23N3O4S. The van der Waals surface area contributed by atoms with E-state index in [1.54, 1.807) is 4.90 Å². The topological polar surface area (TPSA) is 91.7 Å². The summed E-state index contributed by atoms with van der Waals surface area (Å²) in [6.07, 6.45) is 2.64. The van der Waals surface area contributed by atoms with Gasteiger partial charge in [-0.3, -0.25) is 0 Å². The fourth-order valence-electron chi connectivity index (χ4n) is 2.59. The number of urea groups is 1. The highest BCUT2D eigenvalue weighted by Gasteiger charge is 2.26. The quantitative estimate of drug-likeness (QED) is 0.873. The molecule has 1 saturated heterocycles. The van der Waals surface area contributed by atoms with Gasteiger partial charge in [-0.1, -0.05) is 0 Å². The van der Waals surface area contributed by atoms with Crippen molar-refractivity contribution in [2.45, 2.75) is 38.8 Å². The number of furan rings is 1. The number of nitrogens with one attached hydrogen (secondary N) is 2. The molecule has 1 fully saturated rings. The van der Waals surface area contributed by atoms with Gasteiger partial charge in [0, 0.05) is 19.1 Å². The van der Waals surface area contributed by atoms with Crippen LogP contribution in [-0.2, 0) is 10.0 Å². The van der Waals surface area contributed by atoms with Gasteiger partial charge in [0.25, 0.3) is 0 Å². The van der Waals surface area contributed by atoms with Crippen molar-refractivity contribution < 1.29 is 17.6 Å². The van der Waals surface area contributed by atoms with Crippen LogP contribution < -0.4 is 10.0 Å². The van der Waals surface area contributed by atoms with Crippen LogP contribution in [0.1, 0.15) is 37.3 Å². The third-order valence-corrected chi connectivity index (χ3v) is 4.38. The molecule has 0 radical (unpaired) electrons. The van der Waals surface area contributed by atoms with E-state index in [-0.39, 0.29) is 18.1 Å². The third-order valence-electron chi connectivity index (χ3n) is 3.62. The summed E-state index contributed by atoms with van der Waals surface area (Å²) in [5.74, 6) is 1.50. The van der Waals surface area contributed by atoms with E-state index in [4.69, 9.17) is 4.42 Å². The smallest absolute Gasteiger partial charge is 0.318 e. The first-order valence-corrected chi connectivity index (χ1v) is 9.23. The van der Waals surface area contributed by atoms with Crippen molar-refractivity contribution in [2.24, 2.45) is 0 Å². The molecule has 0 unspecified atom stereocenters. The van der Waals surface area contributed by atoms with Gasteiger partial charge in [-0.25, -0.2) is 17.9 Å². The van der Waals surface area contributed by atoms with Crippen LogP contribution in [0, 0.1) is 6.92 Å². The number of likely N-dealkylation sites (tertiary alicyclic amines) is 1. The fourth-order valence-corrected chi connectivity index (χ4v) is 3.39. The molecule has 1 aromatic heterocycles. The molecule has 0 bridgehead atoms. The van der Waals surface area contributed by atoms with Gasteiger partial charge in [0.05, 0.1) is 12.3 Å². The minimum absolute atomic E-state index is 0.207. The summed E-state index contributed by atoms with van der Waals surface area (Å²) >= 11 is 0. The molecule has 0 spiro atoms. The molecular weight excluding hydrogens is 306 g/mol. The standard InChI is InChI=1S/C14H23N3O4S/c1-10-6-7-13(21-10)11(2)15-14(18)17-8-4-5-12(9-17)16-22(3,19)20/h6-7,11-12,16H,4-5,8-9H2,1-3H3,(H,15,18)/t11-,12-/m1/s1. The molecule has 0 aromatic carbocycles. The first-order valence-electron chi connectivity index (χ1n) is 7.33. The Bertz CT molecular complexity index is 626. The van der Waals surface area contributed by atoms with E-state index < -0.39 is 10.0 Å². The lowest BCUT2D eigenvalue weighted by Crippen LogP contribution is -2.52. The average molecular weight is 329 g/mol. The molecule has 1 aliphatic heterocycles. The number of piperidine rings is 1. The summed E-state index contributed by atoms with van der Waals surface area (Å²) in [4.78, 5) is 13.9. The second-order valence-electron chi connectivity index (χ2n) is 5.79. The van der Waals surface area contributed by atoms with Gasteiger partial charge in [0.1, 0.15) is 11.5 Å². The van der Waals surface area contributed by atoms with Gasteiger partial charge in [-0.2, -0.15) is 0 Å². The number of amides is 2. The molecule has 0 saturated carbocycles. The molecule has 1 aliphatic rings. The Kier molecular flexibility index (Phi) is 5.12. The number of carbonyl (C=O) groups excluding carboxylic acids is 1. The Labute approximate surface area is 131 Å². The summed E-state index contributed by atoms with van der Waals surface area (Å²) < 4.78 is 30.7. The van der Waals surface area contributed by atoms with Gasteiger partial charge in [0.2, 0.25) is 10.0 Å². The average Bonchev–Trinajstić information content (AvgIpc) is 2.84. The van der Waals surface area contributed by atoms with Gasteiger partial charge in [0.15, 0.2) is 0 Å². The molecule has 2 rings (SSSR count). The minimum atomic E-state index is -3.26. The Balaban J connectivity index is 1.91. The highest BCUT2D eigenvalue weighted by Crippen LogP contribution is 2.17. The van der Waals surface area contributed by atoms with Crippen molar-refractivity contribution in [3.8, 4) is 0 Å². The van der Waals surface area contributed by atoms with Crippen LogP contribution in [0.3, 0.4) is 0 Å². The van der Waals surface area contributed by atoms with E-state index in [1.807, 2.05) is 26.0 Å². The van der Waals surface area contributed by atoms with E-state index in [1.165, 1.54) is 0 Å². The predicted molar refractivity (Wildman–Crippen MR) is 83.0 cm³/mol. The summed E-state index contributed by atoms with van der Waals surface area (Å²) in [7, 11) is -3.26. The molecule has 7 nitrogen and oxygen atoms in total. The molecule has 124 valence electrons. The monoisotopic (exact) mass is 329 g/mol. The van der Waals surface area contributed by atoms with Crippen molar-refractivity contribution in [1.82, 2.24) is 14.9 Å². The van der Waals surface area contributed by atoms with Gasteiger partial charge >= 0.3 is 6.03 Å². The van der Waals surface area contributed by atoms with E-state index in [2.05, 4.69) is 10.0 Å². The highest BCUT2D eigenvalue weighted by atomic mass is 32.2.